The quantitative estimate of drug-likeness (QED) is 0.180. The Bertz CT molecular complexity index is 839. The van der Waals surface area contributed by atoms with Crippen LogP contribution >= 0.6 is 0 Å². The number of hydrogen-bond donors (Lipinski definition) is 2. The van der Waals surface area contributed by atoms with Gasteiger partial charge in [-0.15, -0.1) is 0 Å². The largest absolute Gasteiger partial charge is 0.507 e. The highest BCUT2D eigenvalue weighted by atomic mass is 16.6. The molecule has 1 unspecified atom stereocenters. The molecule has 1 saturated heterocycles. The Balaban J connectivity index is 1.96. The molecule has 0 radical (unpaired) electrons. The van der Waals surface area contributed by atoms with Crippen LogP contribution in [0.5, 0.6) is 11.5 Å². The van der Waals surface area contributed by atoms with Crippen molar-refractivity contribution in [1.82, 2.24) is 5.32 Å². The number of epoxide rings is 1. The van der Waals surface area contributed by atoms with Crippen LogP contribution in [0.25, 0.3) is 0 Å². The third-order valence-electron chi connectivity index (χ3n) is 6.26. The van der Waals surface area contributed by atoms with Crippen LogP contribution < -0.4 is 10.1 Å². The number of aromatic hydroxyl groups is 1. The molecular weight excluding hydrogens is 388 g/mol. The SMILES string of the molecule is C=C(C)[C@@H]1CCC(C)=C[C@H]1c1c(O)cc(CCCCC)cc1O/C(=N\C)NCC1CO1. The molecule has 170 valence electrons. The number of nitrogens with zero attached hydrogens (tertiary/aromatic N) is 1. The second-order valence-corrected chi connectivity index (χ2v) is 8.98. The van der Waals surface area contributed by atoms with Crippen LogP contribution in [0.2, 0.25) is 0 Å². The number of hydrogen-bond acceptors (Lipinski definition) is 4. The minimum absolute atomic E-state index is 0.0378. The third-order valence-corrected chi connectivity index (χ3v) is 6.26. The van der Waals surface area contributed by atoms with Crippen molar-refractivity contribution in [3.63, 3.8) is 0 Å². The van der Waals surface area contributed by atoms with E-state index in [4.69, 9.17) is 9.47 Å². The number of benzene rings is 1. The zero-order chi connectivity index (χ0) is 22.4. The van der Waals surface area contributed by atoms with Gasteiger partial charge in [0.1, 0.15) is 11.5 Å². The van der Waals surface area contributed by atoms with Crippen molar-refractivity contribution in [2.24, 2.45) is 10.9 Å². The molecular formula is C26H38N2O3. The fourth-order valence-corrected chi connectivity index (χ4v) is 4.37. The molecule has 5 nitrogen and oxygen atoms in total. The van der Waals surface area contributed by atoms with Crippen molar-refractivity contribution in [3.8, 4) is 11.5 Å². The summed E-state index contributed by atoms with van der Waals surface area (Å²) in [6, 6.07) is 4.45. The minimum Gasteiger partial charge on any atom is -0.507 e. The van der Waals surface area contributed by atoms with Crippen LogP contribution in [0.3, 0.4) is 0 Å². The maximum atomic E-state index is 11.2. The number of unbranched alkanes of at least 4 members (excludes halogenated alkanes) is 2. The van der Waals surface area contributed by atoms with Gasteiger partial charge in [-0.25, -0.2) is 4.99 Å². The summed E-state index contributed by atoms with van der Waals surface area (Å²) < 4.78 is 11.6. The number of allylic oxidation sites excluding steroid dienone is 3. The Labute approximate surface area is 187 Å². The van der Waals surface area contributed by atoms with E-state index in [9.17, 15) is 5.11 Å². The summed E-state index contributed by atoms with van der Waals surface area (Å²) in [6.45, 7) is 12.1. The summed E-state index contributed by atoms with van der Waals surface area (Å²) in [4.78, 5) is 4.29. The van der Waals surface area contributed by atoms with Gasteiger partial charge in [-0.05, 0) is 63.1 Å². The molecule has 0 spiro atoms. The minimum atomic E-state index is 0.0378. The fourth-order valence-electron chi connectivity index (χ4n) is 4.37. The van der Waals surface area contributed by atoms with Crippen molar-refractivity contribution in [1.29, 1.82) is 0 Å². The first-order valence-electron chi connectivity index (χ1n) is 11.6. The monoisotopic (exact) mass is 426 g/mol. The Morgan fingerprint density at radius 3 is 2.77 bits per heavy atom. The van der Waals surface area contributed by atoms with Crippen molar-refractivity contribution in [2.75, 3.05) is 20.2 Å². The maximum Gasteiger partial charge on any atom is 0.290 e. The molecule has 2 aliphatic rings. The first-order valence-corrected chi connectivity index (χ1v) is 11.6. The van der Waals surface area contributed by atoms with Gasteiger partial charge in [-0.3, -0.25) is 0 Å². The third kappa shape index (κ3) is 6.36. The van der Waals surface area contributed by atoms with E-state index in [1.54, 1.807) is 7.05 Å². The van der Waals surface area contributed by atoms with Crippen LogP contribution in [0.15, 0.2) is 40.9 Å². The summed E-state index contributed by atoms with van der Waals surface area (Å²) in [5.74, 6) is 1.29. The molecule has 0 aromatic heterocycles. The van der Waals surface area contributed by atoms with Gasteiger partial charge < -0.3 is 19.9 Å². The lowest BCUT2D eigenvalue weighted by Gasteiger charge is -2.32. The molecule has 1 aromatic carbocycles. The Morgan fingerprint density at radius 1 is 1.35 bits per heavy atom. The Hall–Kier alpha value is -2.27. The van der Waals surface area contributed by atoms with Crippen molar-refractivity contribution in [3.05, 3.63) is 47.1 Å². The van der Waals surface area contributed by atoms with Gasteiger partial charge in [0, 0.05) is 25.1 Å². The molecule has 1 aromatic rings. The second kappa shape index (κ2) is 10.9. The number of ether oxygens (including phenoxy) is 2. The normalized spacial score (nSPS) is 23.3. The van der Waals surface area contributed by atoms with E-state index in [1.807, 2.05) is 6.07 Å². The average Bonchev–Trinajstić information content (AvgIpc) is 3.55. The number of nitrogens with one attached hydrogen (secondary N) is 1. The van der Waals surface area contributed by atoms with Gasteiger partial charge in [0.25, 0.3) is 6.02 Å². The van der Waals surface area contributed by atoms with Crippen LogP contribution in [0.4, 0.5) is 0 Å². The van der Waals surface area contributed by atoms with Gasteiger partial charge in [0.15, 0.2) is 0 Å². The molecule has 1 aliphatic carbocycles. The fraction of sp³-hybridized carbons (Fsp3) is 0.577. The number of rotatable bonds is 9. The van der Waals surface area contributed by atoms with E-state index in [1.165, 1.54) is 18.4 Å². The molecule has 31 heavy (non-hydrogen) atoms. The maximum absolute atomic E-state index is 11.2. The van der Waals surface area contributed by atoms with E-state index in [0.717, 1.165) is 49.0 Å². The molecule has 0 bridgehead atoms. The lowest BCUT2D eigenvalue weighted by atomic mass is 9.73. The average molecular weight is 427 g/mol. The standard InChI is InChI=1S/C26H38N2O3/c1-6-7-8-9-19-13-23(29)25(22-12-18(4)10-11-21(22)17(2)3)24(14-19)31-26(27-5)28-15-20-16-30-20/h12-14,20-22,29H,2,6-11,15-16H2,1,3-5H3,(H,27,28)/t20?,21-,22+/m0/s1. The van der Waals surface area contributed by atoms with Crippen LogP contribution in [-0.4, -0.2) is 37.4 Å². The highest BCUT2D eigenvalue weighted by Crippen LogP contribution is 2.47. The molecule has 2 N–H and O–H groups in total. The number of aryl methyl sites for hydroxylation is 1. The molecule has 1 heterocycles. The Kier molecular flexibility index (Phi) is 8.19. The predicted octanol–water partition coefficient (Wildman–Crippen LogP) is 5.49. The van der Waals surface area contributed by atoms with Crippen molar-refractivity contribution in [2.45, 2.75) is 71.3 Å². The van der Waals surface area contributed by atoms with E-state index in [-0.39, 0.29) is 17.9 Å². The molecule has 3 rings (SSSR count). The van der Waals surface area contributed by atoms with Crippen LogP contribution in [0.1, 0.15) is 69.9 Å². The van der Waals surface area contributed by atoms with E-state index in [0.29, 0.717) is 24.1 Å². The lowest BCUT2D eigenvalue weighted by molar-refractivity contribution is 0.396. The second-order valence-electron chi connectivity index (χ2n) is 8.98. The number of phenolic OH excluding ortho intramolecular Hbond substituents is 1. The molecule has 0 saturated carbocycles. The Morgan fingerprint density at radius 2 is 2.13 bits per heavy atom. The number of aliphatic imine (C=N–C) groups is 1. The molecule has 5 heteroatoms. The number of amidine groups is 1. The van der Waals surface area contributed by atoms with Crippen molar-refractivity contribution < 1.29 is 14.6 Å². The van der Waals surface area contributed by atoms with Crippen molar-refractivity contribution >= 4 is 6.02 Å². The van der Waals surface area contributed by atoms with Gasteiger partial charge >= 0.3 is 0 Å². The van der Waals surface area contributed by atoms with E-state index >= 15 is 0 Å². The van der Waals surface area contributed by atoms with E-state index in [2.05, 4.69) is 49.8 Å². The molecule has 0 amide bonds. The van der Waals surface area contributed by atoms with Gasteiger partial charge in [0.05, 0.1) is 12.7 Å². The zero-order valence-electron chi connectivity index (χ0n) is 19.5. The molecule has 1 fully saturated rings. The first kappa shape index (κ1) is 23.4. The number of phenols is 1. The van der Waals surface area contributed by atoms with Gasteiger partial charge in [-0.2, -0.15) is 0 Å². The molecule has 1 aliphatic heterocycles. The summed E-state index contributed by atoms with van der Waals surface area (Å²) in [6.07, 6.45) is 8.95. The summed E-state index contributed by atoms with van der Waals surface area (Å²) in [5.41, 5.74) is 4.40. The van der Waals surface area contributed by atoms with Crippen LogP contribution in [0, 0.1) is 5.92 Å². The first-order chi connectivity index (χ1) is 14.9. The topological polar surface area (TPSA) is 66.4 Å². The van der Waals surface area contributed by atoms with E-state index < -0.39 is 0 Å². The van der Waals surface area contributed by atoms with Gasteiger partial charge in [0.2, 0.25) is 0 Å². The predicted molar refractivity (Wildman–Crippen MR) is 127 cm³/mol. The van der Waals surface area contributed by atoms with Crippen LogP contribution in [-0.2, 0) is 11.2 Å². The smallest absolute Gasteiger partial charge is 0.290 e. The van der Waals surface area contributed by atoms with Gasteiger partial charge in [-0.1, -0.05) is 43.6 Å². The lowest BCUT2D eigenvalue weighted by Crippen LogP contribution is -2.32. The summed E-state index contributed by atoms with van der Waals surface area (Å²) >= 11 is 0. The highest BCUT2D eigenvalue weighted by molar-refractivity contribution is 5.77. The zero-order valence-corrected chi connectivity index (χ0v) is 19.5. The highest BCUT2D eigenvalue weighted by Gasteiger charge is 2.31. The summed E-state index contributed by atoms with van der Waals surface area (Å²) in [7, 11) is 1.71. The summed E-state index contributed by atoms with van der Waals surface area (Å²) in [5, 5.41) is 14.4. The molecule has 3 atom stereocenters.